The normalized spacial score (nSPS) is 25.5. The van der Waals surface area contributed by atoms with Crippen molar-refractivity contribution in [2.24, 2.45) is 5.11 Å². The van der Waals surface area contributed by atoms with Gasteiger partial charge in [0.1, 0.15) is 42.5 Å². The predicted octanol–water partition coefficient (Wildman–Crippen LogP) is 2.61. The largest absolute Gasteiger partial charge is 0.463 e. The van der Waals surface area contributed by atoms with Crippen LogP contribution >= 0.6 is 23.4 Å². The SMILES string of the molecule is CO[C@@H]1[C@@H](N=[N+]=[N-])[C@@H](OC(C)=O)[C@@H](COC(C)=O)O[C@H]1Sc1cnc(C#N)c(Cl)c1. The lowest BCUT2D eigenvalue weighted by Crippen LogP contribution is -2.59. The van der Waals surface area contributed by atoms with Crippen LogP contribution in [0.25, 0.3) is 10.4 Å². The monoisotopic (exact) mass is 455 g/mol. The van der Waals surface area contributed by atoms with Crippen molar-refractivity contribution < 1.29 is 28.5 Å². The summed E-state index contributed by atoms with van der Waals surface area (Å²) in [6.45, 7) is 2.19. The minimum absolute atomic E-state index is 0.0727. The lowest BCUT2D eigenvalue weighted by atomic mass is 9.97. The van der Waals surface area contributed by atoms with Gasteiger partial charge in [-0.1, -0.05) is 28.5 Å². The number of ether oxygens (including phenoxy) is 4. The third kappa shape index (κ3) is 5.98. The standard InChI is InChI=1S/C17H18ClN5O6S/c1-8(24)27-7-13-15(28-9(2)25)14(22-23-20)16(26-3)17(29-13)30-10-4-11(18)12(5-19)21-6-10/h4,6,13-17H,7H2,1-3H3/t13-,14+,15+,16-,17+/m1/s1. The number of aromatic nitrogens is 1. The van der Waals surface area contributed by atoms with Gasteiger partial charge in [-0.2, -0.15) is 5.26 Å². The van der Waals surface area contributed by atoms with Crippen molar-refractivity contribution in [1.82, 2.24) is 4.98 Å². The highest BCUT2D eigenvalue weighted by atomic mass is 35.5. The maximum Gasteiger partial charge on any atom is 0.303 e. The first-order valence-corrected chi connectivity index (χ1v) is 9.81. The van der Waals surface area contributed by atoms with Gasteiger partial charge in [-0.25, -0.2) is 4.98 Å². The van der Waals surface area contributed by atoms with Crippen LogP contribution in [0, 0.1) is 11.3 Å². The Morgan fingerprint density at radius 1 is 1.43 bits per heavy atom. The number of halogens is 1. The third-order valence-corrected chi connectivity index (χ3v) is 5.40. The average Bonchev–Trinajstić information content (AvgIpc) is 2.68. The molecule has 0 aromatic carbocycles. The summed E-state index contributed by atoms with van der Waals surface area (Å²) < 4.78 is 21.8. The first-order valence-electron chi connectivity index (χ1n) is 8.56. The van der Waals surface area contributed by atoms with Gasteiger partial charge in [0.05, 0.1) is 5.02 Å². The number of carbonyl (C=O) groups excluding carboxylic acids is 2. The fourth-order valence-corrected chi connectivity index (χ4v) is 4.25. The molecule has 2 rings (SSSR count). The van der Waals surface area contributed by atoms with E-state index in [1.54, 1.807) is 0 Å². The van der Waals surface area contributed by atoms with Gasteiger partial charge in [0.2, 0.25) is 0 Å². The molecule has 160 valence electrons. The van der Waals surface area contributed by atoms with Crippen molar-refractivity contribution in [3.8, 4) is 6.07 Å². The molecule has 0 saturated carbocycles. The predicted molar refractivity (Wildman–Crippen MR) is 104 cm³/mol. The Hall–Kier alpha value is -2.55. The van der Waals surface area contributed by atoms with E-state index >= 15 is 0 Å². The van der Waals surface area contributed by atoms with Crippen LogP contribution in [0.3, 0.4) is 0 Å². The van der Waals surface area contributed by atoms with E-state index in [0.717, 1.165) is 11.8 Å². The highest BCUT2D eigenvalue weighted by Gasteiger charge is 2.48. The number of esters is 2. The van der Waals surface area contributed by atoms with Crippen LogP contribution in [0.5, 0.6) is 0 Å². The Labute approximate surface area is 181 Å². The Bertz CT molecular complexity index is 890. The van der Waals surface area contributed by atoms with Gasteiger partial charge in [0.25, 0.3) is 0 Å². The minimum Gasteiger partial charge on any atom is -0.463 e. The topological polar surface area (TPSA) is 156 Å². The molecule has 1 fully saturated rings. The number of methoxy groups -OCH3 is 1. The summed E-state index contributed by atoms with van der Waals surface area (Å²) in [5, 5.41) is 12.9. The number of thioether (sulfide) groups is 1. The van der Waals surface area contributed by atoms with Crippen LogP contribution in [0.4, 0.5) is 0 Å². The average molecular weight is 456 g/mol. The summed E-state index contributed by atoms with van der Waals surface area (Å²) in [7, 11) is 1.39. The van der Waals surface area contributed by atoms with Crippen molar-refractivity contribution in [2.75, 3.05) is 13.7 Å². The quantitative estimate of drug-likeness (QED) is 0.261. The van der Waals surface area contributed by atoms with E-state index in [0.29, 0.717) is 4.90 Å². The van der Waals surface area contributed by atoms with Crippen molar-refractivity contribution in [1.29, 1.82) is 5.26 Å². The van der Waals surface area contributed by atoms with E-state index in [4.69, 9.17) is 41.3 Å². The molecule has 1 aliphatic rings. The van der Waals surface area contributed by atoms with Crippen LogP contribution < -0.4 is 0 Å². The van der Waals surface area contributed by atoms with Crippen LogP contribution in [0.1, 0.15) is 19.5 Å². The fraction of sp³-hybridized carbons (Fsp3) is 0.529. The van der Waals surface area contributed by atoms with E-state index in [2.05, 4.69) is 15.0 Å². The number of hydrogen-bond acceptors (Lipinski definition) is 10. The molecular weight excluding hydrogens is 438 g/mol. The third-order valence-electron chi connectivity index (χ3n) is 4.00. The van der Waals surface area contributed by atoms with Gasteiger partial charge >= 0.3 is 11.9 Å². The number of pyridine rings is 1. The lowest BCUT2D eigenvalue weighted by molar-refractivity contribution is -0.196. The Kier molecular flexibility index (Phi) is 8.71. The number of azide groups is 1. The van der Waals surface area contributed by atoms with Gasteiger partial charge in [-0.05, 0) is 11.6 Å². The molecule has 0 spiro atoms. The summed E-state index contributed by atoms with van der Waals surface area (Å²) in [4.78, 5) is 30.2. The van der Waals surface area contributed by atoms with E-state index in [9.17, 15) is 9.59 Å². The minimum atomic E-state index is -1.04. The summed E-state index contributed by atoms with van der Waals surface area (Å²) in [5.41, 5.74) is 8.34. The van der Waals surface area contributed by atoms with Gasteiger partial charge in [-0.3, -0.25) is 9.59 Å². The van der Waals surface area contributed by atoms with Gasteiger partial charge in [-0.15, -0.1) is 0 Å². The molecule has 1 saturated heterocycles. The smallest absolute Gasteiger partial charge is 0.303 e. The maximum absolute atomic E-state index is 11.6. The van der Waals surface area contributed by atoms with Crippen LogP contribution in [-0.4, -0.2) is 60.4 Å². The zero-order valence-corrected chi connectivity index (χ0v) is 17.8. The summed E-state index contributed by atoms with van der Waals surface area (Å²) in [5.74, 6) is -1.18. The van der Waals surface area contributed by atoms with Crippen molar-refractivity contribution in [2.45, 2.75) is 48.5 Å². The molecule has 2 heterocycles. The van der Waals surface area contributed by atoms with E-state index < -0.39 is 41.7 Å². The van der Waals surface area contributed by atoms with Crippen LogP contribution in [-0.2, 0) is 28.5 Å². The summed E-state index contributed by atoms with van der Waals surface area (Å²) >= 11 is 7.19. The van der Waals surface area contributed by atoms with Crippen LogP contribution in [0.15, 0.2) is 22.3 Å². The second-order valence-corrected chi connectivity index (χ2v) is 7.63. The lowest BCUT2D eigenvalue weighted by Gasteiger charge is -2.43. The number of nitrogens with zero attached hydrogens (tertiary/aromatic N) is 5. The second kappa shape index (κ2) is 11.0. The first-order chi connectivity index (χ1) is 14.3. The fourth-order valence-electron chi connectivity index (χ4n) is 2.80. The molecule has 30 heavy (non-hydrogen) atoms. The van der Waals surface area contributed by atoms with Gasteiger partial charge in [0, 0.05) is 37.0 Å². The number of rotatable bonds is 7. The molecule has 5 atom stereocenters. The Morgan fingerprint density at radius 2 is 2.17 bits per heavy atom. The van der Waals surface area contributed by atoms with Gasteiger partial charge in [0.15, 0.2) is 5.69 Å². The summed E-state index contributed by atoms with van der Waals surface area (Å²) in [6.07, 6.45) is -1.34. The molecule has 11 nitrogen and oxygen atoms in total. The zero-order chi connectivity index (χ0) is 22.3. The molecule has 1 aromatic rings. The molecule has 0 aliphatic carbocycles. The molecule has 0 radical (unpaired) electrons. The Balaban J connectivity index is 2.37. The second-order valence-electron chi connectivity index (χ2n) is 6.05. The molecule has 13 heteroatoms. The zero-order valence-electron chi connectivity index (χ0n) is 16.2. The van der Waals surface area contributed by atoms with Gasteiger partial charge < -0.3 is 18.9 Å². The number of hydrogen-bond donors (Lipinski definition) is 0. The first kappa shape index (κ1) is 23.7. The summed E-state index contributed by atoms with van der Waals surface area (Å²) in [6, 6.07) is 2.44. The van der Waals surface area contributed by atoms with E-state index in [-0.39, 0.29) is 17.3 Å². The molecule has 0 unspecified atom stereocenters. The molecular formula is C17H18ClN5O6S. The van der Waals surface area contributed by atoms with E-state index in [1.165, 1.54) is 33.2 Å². The number of carbonyl (C=O) groups is 2. The molecule has 1 aliphatic heterocycles. The highest BCUT2D eigenvalue weighted by Crippen LogP contribution is 2.37. The molecule has 0 bridgehead atoms. The van der Waals surface area contributed by atoms with Crippen molar-refractivity contribution in [3.05, 3.63) is 33.4 Å². The van der Waals surface area contributed by atoms with Crippen LogP contribution in [0.2, 0.25) is 5.02 Å². The van der Waals surface area contributed by atoms with Crippen molar-refractivity contribution >= 4 is 35.3 Å². The molecule has 0 N–H and O–H groups in total. The van der Waals surface area contributed by atoms with Crippen molar-refractivity contribution in [3.63, 3.8) is 0 Å². The molecule has 1 aromatic heterocycles. The number of nitriles is 1. The molecule has 0 amide bonds. The van der Waals surface area contributed by atoms with E-state index in [1.807, 2.05) is 6.07 Å². The Morgan fingerprint density at radius 3 is 2.70 bits per heavy atom. The highest BCUT2D eigenvalue weighted by molar-refractivity contribution is 7.99. The maximum atomic E-state index is 11.6.